The van der Waals surface area contributed by atoms with Gasteiger partial charge in [-0.1, -0.05) is 6.07 Å². The van der Waals surface area contributed by atoms with Crippen LogP contribution in [-0.2, 0) is 16.4 Å². The average Bonchev–Trinajstić information content (AvgIpc) is 2.46. The zero-order valence-corrected chi connectivity index (χ0v) is 12.4. The molecule has 0 atom stereocenters. The number of sulfonamides is 1. The molecule has 110 valence electrons. The Morgan fingerprint density at radius 3 is 2.43 bits per heavy atom. The van der Waals surface area contributed by atoms with Gasteiger partial charge in [0.15, 0.2) is 5.78 Å². The number of Topliss-reactive ketones (excluding diaryl/α,β-unsaturated/α-hetero) is 1. The quantitative estimate of drug-likeness (QED) is 0.831. The van der Waals surface area contributed by atoms with Crippen molar-refractivity contribution >= 4 is 21.5 Å². The summed E-state index contributed by atoms with van der Waals surface area (Å²) in [5, 5.41) is 0. The lowest BCUT2D eigenvalue weighted by molar-refractivity contribution is 0.101. The molecule has 1 N–H and O–H groups in total. The van der Waals surface area contributed by atoms with Crippen molar-refractivity contribution < 1.29 is 13.2 Å². The van der Waals surface area contributed by atoms with Crippen molar-refractivity contribution in [1.82, 2.24) is 4.98 Å². The third-order valence-electron chi connectivity index (χ3n) is 2.92. The first-order valence-corrected chi connectivity index (χ1v) is 8.13. The van der Waals surface area contributed by atoms with E-state index in [9.17, 15) is 13.2 Å². The number of nitrogens with zero attached hydrogens (tertiary/aromatic N) is 1. The Balaban J connectivity index is 1.99. The number of nitrogens with one attached hydrogen (secondary N) is 1. The molecule has 0 saturated heterocycles. The van der Waals surface area contributed by atoms with Crippen molar-refractivity contribution in [3.8, 4) is 0 Å². The standard InChI is InChI=1S/C15H16N2O3S/c1-12(18)13-5-7-15(8-6-13)17-21(19,20)11-9-14-4-2-3-10-16-14/h2-8,10,17H,9,11H2,1H3. The SMILES string of the molecule is CC(=O)c1ccc(NS(=O)(=O)CCc2ccccn2)cc1. The maximum atomic E-state index is 12.0. The minimum absolute atomic E-state index is 0.0432. The van der Waals surface area contributed by atoms with Gasteiger partial charge in [0.05, 0.1) is 5.75 Å². The fourth-order valence-electron chi connectivity index (χ4n) is 1.79. The summed E-state index contributed by atoms with van der Waals surface area (Å²) < 4.78 is 26.5. The Hall–Kier alpha value is -2.21. The van der Waals surface area contributed by atoms with Crippen molar-refractivity contribution in [2.24, 2.45) is 0 Å². The summed E-state index contributed by atoms with van der Waals surface area (Å²) in [6.45, 7) is 1.46. The maximum Gasteiger partial charge on any atom is 0.233 e. The Morgan fingerprint density at radius 2 is 1.86 bits per heavy atom. The highest BCUT2D eigenvalue weighted by Gasteiger charge is 2.11. The smallest absolute Gasteiger partial charge is 0.233 e. The van der Waals surface area contributed by atoms with Crippen LogP contribution in [0.1, 0.15) is 23.0 Å². The Morgan fingerprint density at radius 1 is 1.14 bits per heavy atom. The lowest BCUT2D eigenvalue weighted by Crippen LogP contribution is -2.18. The third kappa shape index (κ3) is 4.68. The maximum absolute atomic E-state index is 12.0. The van der Waals surface area contributed by atoms with E-state index >= 15 is 0 Å². The lowest BCUT2D eigenvalue weighted by atomic mass is 10.1. The average molecular weight is 304 g/mol. The number of carbonyl (C=O) groups excluding carboxylic acids is 1. The van der Waals surface area contributed by atoms with Crippen LogP contribution in [0.3, 0.4) is 0 Å². The van der Waals surface area contributed by atoms with Gasteiger partial charge >= 0.3 is 0 Å². The normalized spacial score (nSPS) is 11.1. The van der Waals surface area contributed by atoms with Crippen LogP contribution >= 0.6 is 0 Å². The molecule has 5 nitrogen and oxygen atoms in total. The van der Waals surface area contributed by atoms with Crippen LogP contribution in [0, 0.1) is 0 Å². The van der Waals surface area contributed by atoms with Crippen LogP contribution in [0.2, 0.25) is 0 Å². The molecule has 0 aliphatic rings. The molecule has 2 rings (SSSR count). The molecule has 0 saturated carbocycles. The number of hydrogen-bond acceptors (Lipinski definition) is 4. The van der Waals surface area contributed by atoms with E-state index in [4.69, 9.17) is 0 Å². The van der Waals surface area contributed by atoms with Gasteiger partial charge in [-0.15, -0.1) is 0 Å². The topological polar surface area (TPSA) is 76.1 Å². The summed E-state index contributed by atoms with van der Waals surface area (Å²) in [6.07, 6.45) is 1.98. The van der Waals surface area contributed by atoms with E-state index in [1.807, 2.05) is 6.07 Å². The number of rotatable bonds is 6. The summed E-state index contributed by atoms with van der Waals surface area (Å²) >= 11 is 0. The van der Waals surface area contributed by atoms with Crippen molar-refractivity contribution in [3.63, 3.8) is 0 Å². The predicted octanol–water partition coefficient (Wildman–Crippen LogP) is 2.27. The van der Waals surface area contributed by atoms with Crippen LogP contribution in [0.25, 0.3) is 0 Å². The minimum atomic E-state index is -3.44. The number of pyridine rings is 1. The molecule has 21 heavy (non-hydrogen) atoms. The Labute approximate surface area is 124 Å². The van der Waals surface area contributed by atoms with E-state index in [-0.39, 0.29) is 11.5 Å². The molecule has 1 aromatic heterocycles. The Kier molecular flexibility index (Phi) is 4.70. The molecule has 1 aromatic carbocycles. The molecule has 0 aliphatic carbocycles. The van der Waals surface area contributed by atoms with Gasteiger partial charge in [0.2, 0.25) is 10.0 Å². The molecule has 2 aromatic rings. The van der Waals surface area contributed by atoms with E-state index in [0.29, 0.717) is 17.7 Å². The fourth-order valence-corrected chi connectivity index (χ4v) is 2.86. The largest absolute Gasteiger partial charge is 0.295 e. The van der Waals surface area contributed by atoms with Crippen LogP contribution < -0.4 is 4.72 Å². The molecular formula is C15H16N2O3S. The summed E-state index contributed by atoms with van der Waals surface area (Å²) in [5.41, 5.74) is 1.72. The zero-order chi connectivity index (χ0) is 15.3. The number of hydrogen-bond donors (Lipinski definition) is 1. The van der Waals surface area contributed by atoms with Gasteiger partial charge in [0.1, 0.15) is 0 Å². The summed E-state index contributed by atoms with van der Waals surface area (Å²) in [6, 6.07) is 11.7. The van der Waals surface area contributed by atoms with Gasteiger partial charge in [-0.05, 0) is 43.3 Å². The van der Waals surface area contributed by atoms with Crippen LogP contribution in [0.4, 0.5) is 5.69 Å². The summed E-state index contributed by atoms with van der Waals surface area (Å²) in [5.74, 6) is -0.0991. The van der Waals surface area contributed by atoms with Crippen molar-refractivity contribution in [3.05, 3.63) is 59.9 Å². The number of benzene rings is 1. The van der Waals surface area contributed by atoms with E-state index in [1.165, 1.54) is 6.92 Å². The molecule has 0 unspecified atom stereocenters. The van der Waals surface area contributed by atoms with Gasteiger partial charge in [-0.3, -0.25) is 14.5 Å². The third-order valence-corrected chi connectivity index (χ3v) is 4.21. The Bertz CT molecular complexity index is 710. The van der Waals surface area contributed by atoms with Crippen LogP contribution in [0.15, 0.2) is 48.7 Å². The second-order valence-electron chi connectivity index (χ2n) is 4.63. The van der Waals surface area contributed by atoms with Gasteiger partial charge < -0.3 is 0 Å². The predicted molar refractivity (Wildman–Crippen MR) is 81.8 cm³/mol. The number of anilines is 1. The molecule has 1 heterocycles. The second-order valence-corrected chi connectivity index (χ2v) is 6.47. The highest BCUT2D eigenvalue weighted by Crippen LogP contribution is 2.12. The molecule has 0 spiro atoms. The fraction of sp³-hybridized carbons (Fsp3) is 0.200. The van der Waals surface area contributed by atoms with Gasteiger partial charge in [-0.25, -0.2) is 8.42 Å². The van der Waals surface area contributed by atoms with E-state index in [1.54, 1.807) is 42.6 Å². The van der Waals surface area contributed by atoms with Gasteiger partial charge in [0.25, 0.3) is 0 Å². The zero-order valence-electron chi connectivity index (χ0n) is 11.6. The van der Waals surface area contributed by atoms with Crippen LogP contribution in [-0.4, -0.2) is 24.9 Å². The number of carbonyl (C=O) groups is 1. The highest BCUT2D eigenvalue weighted by atomic mass is 32.2. The molecule has 0 fully saturated rings. The molecule has 0 aliphatic heterocycles. The monoisotopic (exact) mass is 304 g/mol. The van der Waals surface area contributed by atoms with Crippen molar-refractivity contribution in [1.29, 1.82) is 0 Å². The van der Waals surface area contributed by atoms with Crippen molar-refractivity contribution in [2.45, 2.75) is 13.3 Å². The first-order chi connectivity index (χ1) is 9.96. The molecule has 6 heteroatoms. The minimum Gasteiger partial charge on any atom is -0.295 e. The van der Waals surface area contributed by atoms with Gasteiger partial charge in [0, 0.05) is 29.6 Å². The number of aryl methyl sites for hydroxylation is 1. The van der Waals surface area contributed by atoms with E-state index < -0.39 is 10.0 Å². The van der Waals surface area contributed by atoms with Crippen LogP contribution in [0.5, 0.6) is 0 Å². The van der Waals surface area contributed by atoms with Gasteiger partial charge in [-0.2, -0.15) is 0 Å². The number of ketones is 1. The summed E-state index contributed by atoms with van der Waals surface area (Å²) in [4.78, 5) is 15.2. The molecule has 0 radical (unpaired) electrons. The first kappa shape index (κ1) is 15.2. The van der Waals surface area contributed by atoms with E-state index in [2.05, 4.69) is 9.71 Å². The lowest BCUT2D eigenvalue weighted by Gasteiger charge is -2.08. The van der Waals surface area contributed by atoms with E-state index in [0.717, 1.165) is 5.69 Å². The molecule has 0 bridgehead atoms. The molecule has 0 amide bonds. The first-order valence-electron chi connectivity index (χ1n) is 6.48. The summed E-state index contributed by atoms with van der Waals surface area (Å²) in [7, 11) is -3.44. The highest BCUT2D eigenvalue weighted by molar-refractivity contribution is 7.92. The second kappa shape index (κ2) is 6.49. The number of aromatic nitrogens is 1. The van der Waals surface area contributed by atoms with Crippen molar-refractivity contribution in [2.75, 3.05) is 10.5 Å². The molecular weight excluding hydrogens is 288 g/mol.